The molecule has 0 radical (unpaired) electrons. The number of carbonyl (C=O) groups excluding carboxylic acids is 1. The van der Waals surface area contributed by atoms with Crippen LogP contribution in [0.5, 0.6) is 0 Å². The second-order valence-corrected chi connectivity index (χ2v) is 9.61. The Morgan fingerprint density at radius 3 is 2.57 bits per heavy atom. The maximum absolute atomic E-state index is 12.7. The summed E-state index contributed by atoms with van der Waals surface area (Å²) >= 11 is 11.8. The van der Waals surface area contributed by atoms with Crippen molar-refractivity contribution in [3.05, 3.63) is 53.2 Å². The van der Waals surface area contributed by atoms with Crippen LogP contribution in [-0.4, -0.2) is 64.2 Å². The fourth-order valence-corrected chi connectivity index (χ4v) is 5.35. The monoisotopic (exact) mass is 511 g/mol. The van der Waals surface area contributed by atoms with Gasteiger partial charge in [0, 0.05) is 44.6 Å². The summed E-state index contributed by atoms with van der Waals surface area (Å²) in [6.07, 6.45) is 6.71. The molecule has 2 amide bonds. The molecule has 7 heterocycles. The summed E-state index contributed by atoms with van der Waals surface area (Å²) in [5.74, 6) is 1.96. The number of urea groups is 1. The first-order chi connectivity index (χ1) is 17.0. The number of rotatable bonds is 1. The van der Waals surface area contributed by atoms with Crippen LogP contribution in [0.1, 0.15) is 12.8 Å². The number of hydrogen-bond donors (Lipinski definition) is 2. The van der Waals surface area contributed by atoms with Crippen molar-refractivity contribution in [2.75, 3.05) is 51.5 Å². The van der Waals surface area contributed by atoms with Crippen LogP contribution in [0.2, 0.25) is 10.3 Å². The minimum absolute atomic E-state index is 0.0927. The second-order valence-electron chi connectivity index (χ2n) is 8.83. The first-order valence-electron chi connectivity index (χ1n) is 11.5. The molecule has 12 heteroatoms. The molecule has 2 saturated heterocycles. The van der Waals surface area contributed by atoms with Crippen LogP contribution in [-0.2, 0) is 0 Å². The molecule has 2 atom stereocenters. The SMILES string of the molecule is Clc1ccc2c(n1)N[C@H]1CCN2C1.O=C(Nc1cnccn1)N1c2nc(Cl)ccc2N2CC[C@H]1C2. The van der Waals surface area contributed by atoms with Gasteiger partial charge in [-0.25, -0.2) is 19.7 Å². The van der Waals surface area contributed by atoms with Gasteiger partial charge in [0.1, 0.15) is 10.3 Å². The summed E-state index contributed by atoms with van der Waals surface area (Å²) in [7, 11) is 0. The maximum atomic E-state index is 12.7. The Kier molecular flexibility index (Phi) is 5.69. The van der Waals surface area contributed by atoms with Crippen molar-refractivity contribution in [3.8, 4) is 0 Å². The van der Waals surface area contributed by atoms with Gasteiger partial charge in [0.25, 0.3) is 0 Å². The zero-order chi connectivity index (χ0) is 23.9. The summed E-state index contributed by atoms with van der Waals surface area (Å²) in [4.78, 5) is 35.6. The molecule has 3 aromatic rings. The molecule has 3 aromatic heterocycles. The number of aromatic nitrogens is 4. The lowest BCUT2D eigenvalue weighted by Crippen LogP contribution is -2.48. The van der Waals surface area contributed by atoms with Gasteiger partial charge in [-0.3, -0.25) is 15.2 Å². The smallest absolute Gasteiger partial charge is 0.329 e. The first-order valence-corrected chi connectivity index (χ1v) is 12.3. The number of carbonyl (C=O) groups is 1. The summed E-state index contributed by atoms with van der Waals surface area (Å²) in [6.45, 7) is 3.96. The third-order valence-corrected chi connectivity index (χ3v) is 7.07. The summed E-state index contributed by atoms with van der Waals surface area (Å²) in [5.41, 5.74) is 2.13. The van der Waals surface area contributed by atoms with Crippen LogP contribution in [0, 0.1) is 0 Å². The normalized spacial score (nSPS) is 20.9. The highest BCUT2D eigenvalue weighted by Gasteiger charge is 2.40. The van der Waals surface area contributed by atoms with E-state index in [9.17, 15) is 4.79 Å². The molecule has 7 rings (SSSR count). The van der Waals surface area contributed by atoms with Gasteiger partial charge in [0.15, 0.2) is 17.5 Å². The van der Waals surface area contributed by atoms with Crippen LogP contribution in [0.3, 0.4) is 0 Å². The lowest BCUT2D eigenvalue weighted by molar-refractivity contribution is 0.254. The maximum Gasteiger partial charge on any atom is 0.329 e. The van der Waals surface area contributed by atoms with E-state index in [1.165, 1.54) is 24.5 Å². The van der Waals surface area contributed by atoms with E-state index in [4.69, 9.17) is 23.2 Å². The van der Waals surface area contributed by atoms with E-state index in [0.717, 1.165) is 44.1 Å². The van der Waals surface area contributed by atoms with Gasteiger partial charge in [0.05, 0.1) is 23.6 Å². The molecule has 0 aromatic carbocycles. The standard InChI is InChI=1S/C14H13ClN6O.C9H10ClN3/c15-11-2-1-10-13(18-11)21(9-3-6-20(10)8-9)14(22)19-12-7-16-4-5-17-12;10-8-2-1-7-9(12-8)11-6-3-4-13(7)5-6/h1-2,4-5,7,9H,3,6,8H2,(H,17,19,22);1-2,6H,3-5H2,(H,11,12)/t9-;6-/m00/s1. The number of hydrogen-bond acceptors (Lipinski definition) is 8. The van der Waals surface area contributed by atoms with Crippen LogP contribution in [0.15, 0.2) is 42.9 Å². The molecule has 4 aliphatic rings. The Bertz CT molecular complexity index is 1260. The quantitative estimate of drug-likeness (QED) is 0.474. The van der Waals surface area contributed by atoms with Gasteiger partial charge in [-0.2, -0.15) is 0 Å². The van der Waals surface area contributed by atoms with E-state index in [0.29, 0.717) is 28.0 Å². The van der Waals surface area contributed by atoms with Gasteiger partial charge in [-0.15, -0.1) is 0 Å². The number of anilines is 5. The van der Waals surface area contributed by atoms with Crippen molar-refractivity contribution in [3.63, 3.8) is 0 Å². The molecule has 0 unspecified atom stereocenters. The minimum atomic E-state index is -0.261. The van der Waals surface area contributed by atoms with Crippen molar-refractivity contribution in [2.24, 2.45) is 0 Å². The van der Waals surface area contributed by atoms with Crippen molar-refractivity contribution in [1.82, 2.24) is 19.9 Å². The van der Waals surface area contributed by atoms with Crippen LogP contribution < -0.4 is 25.3 Å². The van der Waals surface area contributed by atoms with Crippen molar-refractivity contribution in [1.29, 1.82) is 0 Å². The predicted octanol–water partition coefficient (Wildman–Crippen LogP) is 3.90. The molecule has 10 nitrogen and oxygen atoms in total. The van der Waals surface area contributed by atoms with E-state index in [-0.39, 0.29) is 12.1 Å². The predicted molar refractivity (Wildman–Crippen MR) is 137 cm³/mol. The zero-order valence-electron chi connectivity index (χ0n) is 18.7. The van der Waals surface area contributed by atoms with Gasteiger partial charge in [-0.1, -0.05) is 23.2 Å². The highest BCUT2D eigenvalue weighted by molar-refractivity contribution is 6.30. The lowest BCUT2D eigenvalue weighted by atomic mass is 10.2. The number of halogens is 2. The Morgan fingerprint density at radius 1 is 0.971 bits per heavy atom. The average Bonchev–Trinajstić information content (AvgIpc) is 3.45. The van der Waals surface area contributed by atoms with Crippen molar-refractivity contribution in [2.45, 2.75) is 24.9 Å². The Balaban J connectivity index is 0.000000149. The van der Waals surface area contributed by atoms with Gasteiger partial charge in [-0.05, 0) is 37.1 Å². The first kappa shape index (κ1) is 22.1. The molecule has 4 aliphatic heterocycles. The third-order valence-electron chi connectivity index (χ3n) is 6.64. The average molecular weight is 512 g/mol. The molecule has 4 bridgehead atoms. The molecule has 2 fully saturated rings. The van der Waals surface area contributed by atoms with E-state index >= 15 is 0 Å². The van der Waals surface area contributed by atoms with E-state index in [2.05, 4.69) is 40.4 Å². The molecule has 180 valence electrons. The molecule has 0 saturated carbocycles. The van der Waals surface area contributed by atoms with Crippen molar-refractivity contribution >= 4 is 58.1 Å². The highest BCUT2D eigenvalue weighted by atomic mass is 35.5. The summed E-state index contributed by atoms with van der Waals surface area (Å²) < 4.78 is 0. The van der Waals surface area contributed by atoms with Gasteiger partial charge >= 0.3 is 6.03 Å². The van der Waals surface area contributed by atoms with Crippen LogP contribution in [0.4, 0.5) is 33.6 Å². The Hall–Kier alpha value is -3.37. The summed E-state index contributed by atoms with van der Waals surface area (Å²) in [6, 6.07) is 7.95. The second kappa shape index (κ2) is 9.01. The molecular formula is C23H23Cl2N9O. The van der Waals surface area contributed by atoms with E-state index < -0.39 is 0 Å². The number of nitrogens with one attached hydrogen (secondary N) is 2. The highest BCUT2D eigenvalue weighted by Crippen LogP contribution is 2.39. The fraction of sp³-hybridized carbons (Fsp3) is 0.348. The lowest BCUT2D eigenvalue weighted by Gasteiger charge is -2.35. The Morgan fingerprint density at radius 2 is 1.74 bits per heavy atom. The molecule has 0 aliphatic carbocycles. The van der Waals surface area contributed by atoms with E-state index in [1.54, 1.807) is 17.2 Å². The molecular weight excluding hydrogens is 489 g/mol. The Labute approximate surface area is 212 Å². The number of amides is 2. The molecule has 2 N–H and O–H groups in total. The zero-order valence-corrected chi connectivity index (χ0v) is 20.2. The molecule has 35 heavy (non-hydrogen) atoms. The summed E-state index contributed by atoms with van der Waals surface area (Å²) in [5, 5.41) is 7.10. The third kappa shape index (κ3) is 4.28. The van der Waals surface area contributed by atoms with Crippen molar-refractivity contribution < 1.29 is 4.79 Å². The fourth-order valence-electron chi connectivity index (χ4n) is 5.06. The topological polar surface area (TPSA) is 102 Å². The minimum Gasteiger partial charge on any atom is -0.366 e. The van der Waals surface area contributed by atoms with Gasteiger partial charge < -0.3 is 15.1 Å². The number of fused-ring (bicyclic) bond motifs is 8. The number of nitrogens with zero attached hydrogens (tertiary/aromatic N) is 7. The van der Waals surface area contributed by atoms with Crippen LogP contribution >= 0.6 is 23.2 Å². The van der Waals surface area contributed by atoms with Gasteiger partial charge in [0.2, 0.25) is 0 Å². The van der Waals surface area contributed by atoms with E-state index in [1.807, 2.05) is 18.2 Å². The van der Waals surface area contributed by atoms with Crippen LogP contribution in [0.25, 0.3) is 0 Å². The number of pyridine rings is 2. The largest absolute Gasteiger partial charge is 0.366 e. The molecule has 0 spiro atoms.